The number of nitrogens with one attached hydrogen (secondary N) is 1. The molecule has 0 bridgehead atoms. The molecule has 8 heteroatoms. The SMILES string of the molecule is CCOc1ccc([C@@H]2N(C(C)=O)c3ccccc3-c3c(=O)[nH]c(SC)n[n+]32)cc1. The van der Waals surface area contributed by atoms with Crippen LogP contribution in [-0.2, 0) is 4.79 Å². The topological polar surface area (TPSA) is 79.2 Å². The number of carbonyl (C=O) groups excluding carboxylic acids is 1. The number of hydrogen-bond acceptors (Lipinski definition) is 5. The largest absolute Gasteiger partial charge is 0.494 e. The number of nitrogens with zero attached hydrogens (tertiary/aromatic N) is 3. The zero-order chi connectivity index (χ0) is 20.5. The first-order valence-corrected chi connectivity index (χ1v) is 10.5. The summed E-state index contributed by atoms with van der Waals surface area (Å²) in [6.07, 6.45) is 1.26. The summed E-state index contributed by atoms with van der Waals surface area (Å²) in [7, 11) is 0. The van der Waals surface area contributed by atoms with Gasteiger partial charge in [-0.2, -0.15) is 0 Å². The van der Waals surface area contributed by atoms with Crippen LogP contribution in [0.5, 0.6) is 5.75 Å². The Morgan fingerprint density at radius 2 is 1.97 bits per heavy atom. The number of H-pyrrole nitrogens is 1. The van der Waals surface area contributed by atoms with Gasteiger partial charge in [0.15, 0.2) is 0 Å². The molecule has 1 N–H and O–H groups in total. The molecule has 1 aliphatic rings. The number of hydrogen-bond donors (Lipinski definition) is 1. The number of rotatable bonds is 4. The molecule has 0 aliphatic carbocycles. The summed E-state index contributed by atoms with van der Waals surface area (Å²) >= 11 is 1.34. The first kappa shape index (κ1) is 19.2. The second-order valence-electron chi connectivity index (χ2n) is 6.54. The van der Waals surface area contributed by atoms with Gasteiger partial charge >= 0.3 is 11.3 Å². The Morgan fingerprint density at radius 3 is 2.62 bits per heavy atom. The van der Waals surface area contributed by atoms with Gasteiger partial charge in [0.05, 0.1) is 17.9 Å². The van der Waals surface area contributed by atoms with E-state index < -0.39 is 6.17 Å². The molecule has 0 spiro atoms. The van der Waals surface area contributed by atoms with E-state index in [4.69, 9.17) is 4.74 Å². The maximum absolute atomic E-state index is 12.9. The van der Waals surface area contributed by atoms with Crippen LogP contribution < -0.4 is 19.9 Å². The first-order valence-electron chi connectivity index (χ1n) is 9.27. The summed E-state index contributed by atoms with van der Waals surface area (Å²) in [5.41, 5.74) is 2.37. The van der Waals surface area contributed by atoms with Gasteiger partial charge in [-0.05, 0) is 54.3 Å². The number of fused-ring (bicyclic) bond motifs is 3. The minimum absolute atomic E-state index is 0.137. The number of para-hydroxylation sites is 1. The minimum atomic E-state index is -0.582. The third-order valence-electron chi connectivity index (χ3n) is 4.78. The average molecular weight is 409 g/mol. The number of carbonyl (C=O) groups is 1. The van der Waals surface area contributed by atoms with Crippen molar-refractivity contribution in [3.05, 3.63) is 64.4 Å². The zero-order valence-corrected chi connectivity index (χ0v) is 17.2. The normalized spacial score (nSPS) is 14.9. The fourth-order valence-electron chi connectivity index (χ4n) is 3.61. The summed E-state index contributed by atoms with van der Waals surface area (Å²) in [5.74, 6) is 0.609. The van der Waals surface area contributed by atoms with Crippen molar-refractivity contribution in [3.8, 4) is 17.0 Å². The Labute approximate surface area is 172 Å². The molecular weight excluding hydrogens is 388 g/mol. The zero-order valence-electron chi connectivity index (χ0n) is 16.4. The van der Waals surface area contributed by atoms with Crippen molar-refractivity contribution in [1.29, 1.82) is 0 Å². The van der Waals surface area contributed by atoms with Crippen molar-refractivity contribution in [2.24, 2.45) is 0 Å². The lowest BCUT2D eigenvalue weighted by molar-refractivity contribution is -0.763. The molecule has 0 fully saturated rings. The van der Waals surface area contributed by atoms with Crippen LogP contribution >= 0.6 is 11.8 Å². The molecule has 2 heterocycles. The van der Waals surface area contributed by atoms with Crippen LogP contribution in [0.25, 0.3) is 11.3 Å². The molecule has 0 saturated heterocycles. The van der Waals surface area contributed by atoms with E-state index in [1.54, 1.807) is 9.58 Å². The smallest absolute Gasteiger partial charge is 0.325 e. The van der Waals surface area contributed by atoms with Crippen molar-refractivity contribution < 1.29 is 14.2 Å². The molecule has 1 aromatic heterocycles. The van der Waals surface area contributed by atoms with E-state index in [1.807, 2.05) is 61.7 Å². The Hall–Kier alpha value is -3.13. The fourth-order valence-corrected chi connectivity index (χ4v) is 3.97. The number of ether oxygens (including phenoxy) is 1. The molecule has 0 unspecified atom stereocenters. The van der Waals surface area contributed by atoms with Crippen molar-refractivity contribution in [2.45, 2.75) is 25.2 Å². The number of anilines is 1. The monoisotopic (exact) mass is 409 g/mol. The Kier molecular flexibility index (Phi) is 5.10. The van der Waals surface area contributed by atoms with Crippen molar-refractivity contribution >= 4 is 23.4 Å². The predicted octanol–water partition coefficient (Wildman–Crippen LogP) is 2.76. The van der Waals surface area contributed by atoms with Gasteiger partial charge in [0.1, 0.15) is 5.75 Å². The van der Waals surface area contributed by atoms with E-state index in [0.717, 1.165) is 11.3 Å². The van der Waals surface area contributed by atoms with Crippen LogP contribution in [0, 0.1) is 0 Å². The number of aromatic nitrogens is 3. The molecule has 0 radical (unpaired) electrons. The Bertz CT molecular complexity index is 1130. The molecule has 29 heavy (non-hydrogen) atoms. The van der Waals surface area contributed by atoms with Gasteiger partial charge in [-0.1, -0.05) is 23.9 Å². The van der Waals surface area contributed by atoms with Gasteiger partial charge in [0.25, 0.3) is 6.17 Å². The van der Waals surface area contributed by atoms with Crippen LogP contribution in [0.3, 0.4) is 0 Å². The van der Waals surface area contributed by atoms with E-state index in [2.05, 4.69) is 10.1 Å². The molecule has 1 aliphatic heterocycles. The molecule has 3 aromatic rings. The quantitative estimate of drug-likeness (QED) is 0.530. The Balaban J connectivity index is 2.00. The molecule has 7 nitrogen and oxygen atoms in total. The van der Waals surface area contributed by atoms with Gasteiger partial charge < -0.3 is 4.74 Å². The van der Waals surface area contributed by atoms with Crippen molar-refractivity contribution in [3.63, 3.8) is 0 Å². The van der Waals surface area contributed by atoms with E-state index in [9.17, 15) is 9.59 Å². The Morgan fingerprint density at radius 1 is 1.24 bits per heavy atom. The van der Waals surface area contributed by atoms with E-state index in [0.29, 0.717) is 28.7 Å². The summed E-state index contributed by atoms with van der Waals surface area (Å²) < 4.78 is 7.19. The van der Waals surface area contributed by atoms with Crippen LogP contribution in [0.4, 0.5) is 5.69 Å². The van der Waals surface area contributed by atoms with Gasteiger partial charge in [-0.25, -0.2) is 4.90 Å². The van der Waals surface area contributed by atoms with E-state index in [1.165, 1.54) is 18.7 Å². The molecule has 148 valence electrons. The lowest BCUT2D eigenvalue weighted by Gasteiger charge is -2.31. The van der Waals surface area contributed by atoms with Crippen LogP contribution in [0.15, 0.2) is 58.5 Å². The third-order valence-corrected chi connectivity index (χ3v) is 5.35. The van der Waals surface area contributed by atoms with Crippen molar-refractivity contribution in [2.75, 3.05) is 17.8 Å². The third kappa shape index (κ3) is 3.29. The average Bonchev–Trinajstić information content (AvgIpc) is 2.73. The standard InChI is InChI=1S/C21H20N4O3S/c1-4-28-15-11-9-14(10-12-15)20-24(13(2)26)17-8-6-5-7-16(17)18-19(27)22-21(29-3)23-25(18)20/h5-12,20H,4H2,1-3H3/p+1/t20-/m1/s1. The maximum atomic E-state index is 12.9. The number of amides is 1. The van der Waals surface area contributed by atoms with Gasteiger partial charge in [0.2, 0.25) is 11.1 Å². The maximum Gasteiger partial charge on any atom is 0.325 e. The highest BCUT2D eigenvalue weighted by Crippen LogP contribution is 2.37. The first-order chi connectivity index (χ1) is 14.0. The van der Waals surface area contributed by atoms with E-state index in [-0.39, 0.29) is 11.5 Å². The number of benzene rings is 2. The van der Waals surface area contributed by atoms with Crippen molar-refractivity contribution in [1.82, 2.24) is 10.1 Å². The predicted molar refractivity (Wildman–Crippen MR) is 111 cm³/mol. The highest BCUT2D eigenvalue weighted by Gasteiger charge is 2.44. The number of aromatic amines is 1. The number of thioether (sulfide) groups is 1. The summed E-state index contributed by atoms with van der Waals surface area (Å²) in [5, 5.41) is 5.12. The molecule has 1 atom stereocenters. The second-order valence-corrected chi connectivity index (χ2v) is 7.33. The molecule has 4 rings (SSSR count). The highest BCUT2D eigenvalue weighted by molar-refractivity contribution is 7.98. The summed E-state index contributed by atoms with van der Waals surface area (Å²) in [4.78, 5) is 30.2. The second kappa shape index (κ2) is 7.71. The summed E-state index contributed by atoms with van der Waals surface area (Å²) in [6, 6.07) is 14.9. The lowest BCUT2D eigenvalue weighted by atomic mass is 10.0. The van der Waals surface area contributed by atoms with Gasteiger partial charge in [0, 0.05) is 17.6 Å². The van der Waals surface area contributed by atoms with Crippen LogP contribution in [-0.4, -0.2) is 28.9 Å². The fraction of sp³-hybridized carbons (Fsp3) is 0.238. The molecular formula is C21H21N4O3S+. The van der Waals surface area contributed by atoms with Crippen LogP contribution in [0.2, 0.25) is 0 Å². The highest BCUT2D eigenvalue weighted by atomic mass is 32.2. The lowest BCUT2D eigenvalue weighted by Crippen LogP contribution is -2.60. The minimum Gasteiger partial charge on any atom is -0.494 e. The van der Waals surface area contributed by atoms with E-state index >= 15 is 0 Å². The summed E-state index contributed by atoms with van der Waals surface area (Å²) in [6.45, 7) is 4.02. The van der Waals surface area contributed by atoms with Gasteiger partial charge in [-0.3, -0.25) is 14.6 Å². The molecule has 0 saturated carbocycles. The molecule has 2 aromatic carbocycles. The molecule has 1 amide bonds. The van der Waals surface area contributed by atoms with Gasteiger partial charge in [-0.15, -0.1) is 0 Å². The van der Waals surface area contributed by atoms with Crippen LogP contribution in [0.1, 0.15) is 25.6 Å².